The van der Waals surface area contributed by atoms with Gasteiger partial charge in [-0.1, -0.05) is 30.3 Å². The van der Waals surface area contributed by atoms with Gasteiger partial charge < -0.3 is 9.88 Å². The zero-order valence-electron chi connectivity index (χ0n) is 12.9. The lowest BCUT2D eigenvalue weighted by molar-refractivity contribution is -0.127. The summed E-state index contributed by atoms with van der Waals surface area (Å²) in [5.41, 5.74) is 4.02. The zero-order chi connectivity index (χ0) is 16.7. The van der Waals surface area contributed by atoms with Gasteiger partial charge in [0.2, 0.25) is 0 Å². The van der Waals surface area contributed by atoms with E-state index in [2.05, 4.69) is 17.0 Å². The number of H-pyrrole nitrogens is 1. The number of carbonyl (C=O) groups is 1. The molecule has 1 aromatic heterocycles. The summed E-state index contributed by atoms with van der Waals surface area (Å²) in [5.74, 6) is 1.55. The fourth-order valence-electron chi connectivity index (χ4n) is 3.53. The molecular weight excluding hydrogens is 303 g/mol. The number of nitrogens with one attached hydrogen (secondary N) is 1. The van der Waals surface area contributed by atoms with Crippen LogP contribution in [0.2, 0.25) is 0 Å². The number of amides is 1. The number of halogens is 1. The van der Waals surface area contributed by atoms with Crippen molar-refractivity contribution in [2.45, 2.75) is 12.5 Å². The minimum absolute atomic E-state index is 0.304. The molecule has 0 fully saturated rings. The van der Waals surface area contributed by atoms with Crippen molar-refractivity contribution in [2.24, 2.45) is 0 Å². The van der Waals surface area contributed by atoms with E-state index in [0.717, 1.165) is 28.6 Å². The molecule has 1 N–H and O–H groups in total. The largest absolute Gasteiger partial charge is 0.356 e. The van der Waals surface area contributed by atoms with Gasteiger partial charge in [0.1, 0.15) is 5.82 Å². The molecular formula is C20H15FN2O. The third kappa shape index (κ3) is 2.17. The molecule has 2 heterocycles. The van der Waals surface area contributed by atoms with Gasteiger partial charge >= 0.3 is 0 Å². The molecule has 2 aromatic carbocycles. The molecule has 118 valence electrons. The van der Waals surface area contributed by atoms with E-state index in [1.54, 1.807) is 17.0 Å². The highest BCUT2D eigenvalue weighted by Gasteiger charge is 2.33. The quantitative estimate of drug-likeness (QED) is 0.686. The number of aromatic nitrogens is 1. The molecule has 4 heteroatoms. The second kappa shape index (κ2) is 5.54. The molecule has 1 aliphatic rings. The van der Waals surface area contributed by atoms with E-state index in [1.807, 2.05) is 18.2 Å². The van der Waals surface area contributed by atoms with Gasteiger partial charge in [0.25, 0.3) is 5.91 Å². The van der Waals surface area contributed by atoms with Crippen molar-refractivity contribution < 1.29 is 9.18 Å². The second-order valence-electron chi connectivity index (χ2n) is 5.91. The van der Waals surface area contributed by atoms with Gasteiger partial charge in [-0.15, -0.1) is 6.42 Å². The number of para-hydroxylation sites is 1. The van der Waals surface area contributed by atoms with Crippen LogP contribution in [-0.4, -0.2) is 22.3 Å². The first kappa shape index (κ1) is 14.5. The summed E-state index contributed by atoms with van der Waals surface area (Å²) in [5, 5.41) is 1.16. The van der Waals surface area contributed by atoms with Crippen molar-refractivity contribution in [1.29, 1.82) is 0 Å². The van der Waals surface area contributed by atoms with E-state index in [9.17, 15) is 9.18 Å². The van der Waals surface area contributed by atoms with Crippen LogP contribution < -0.4 is 0 Å². The number of carbonyl (C=O) groups excluding carboxylic acids is 1. The van der Waals surface area contributed by atoms with Crippen molar-refractivity contribution >= 4 is 16.8 Å². The van der Waals surface area contributed by atoms with E-state index in [-0.39, 0.29) is 17.8 Å². The Hall–Kier alpha value is -3.06. The van der Waals surface area contributed by atoms with Crippen LogP contribution in [0.15, 0.2) is 48.5 Å². The Morgan fingerprint density at radius 1 is 1.21 bits per heavy atom. The van der Waals surface area contributed by atoms with E-state index in [1.165, 1.54) is 17.7 Å². The molecule has 0 spiro atoms. The maximum atomic E-state index is 13.3. The molecule has 1 amide bonds. The van der Waals surface area contributed by atoms with Crippen molar-refractivity contribution in [1.82, 2.24) is 9.88 Å². The molecule has 0 aliphatic carbocycles. The van der Waals surface area contributed by atoms with Crippen LogP contribution in [0.1, 0.15) is 22.9 Å². The molecule has 0 saturated carbocycles. The van der Waals surface area contributed by atoms with Crippen LogP contribution in [0.5, 0.6) is 0 Å². The number of fused-ring (bicyclic) bond motifs is 3. The van der Waals surface area contributed by atoms with Gasteiger partial charge in [-0.2, -0.15) is 0 Å². The average Bonchev–Trinajstić information content (AvgIpc) is 3.00. The van der Waals surface area contributed by atoms with E-state index in [0.29, 0.717) is 6.54 Å². The smallest absolute Gasteiger partial charge is 0.299 e. The lowest BCUT2D eigenvalue weighted by Gasteiger charge is -2.35. The second-order valence-corrected chi connectivity index (χ2v) is 5.91. The zero-order valence-corrected chi connectivity index (χ0v) is 12.9. The van der Waals surface area contributed by atoms with Gasteiger partial charge in [-0.3, -0.25) is 4.79 Å². The first-order chi connectivity index (χ1) is 11.7. The highest BCUT2D eigenvalue weighted by Crippen LogP contribution is 2.38. The number of hydrogen-bond donors (Lipinski definition) is 1. The summed E-state index contributed by atoms with van der Waals surface area (Å²) in [6.07, 6.45) is 6.09. The van der Waals surface area contributed by atoms with E-state index < -0.39 is 0 Å². The molecule has 4 rings (SSSR count). The van der Waals surface area contributed by atoms with E-state index in [4.69, 9.17) is 6.42 Å². The van der Waals surface area contributed by atoms with Crippen molar-refractivity contribution in [3.63, 3.8) is 0 Å². The minimum atomic E-state index is -0.353. The monoisotopic (exact) mass is 318 g/mol. The lowest BCUT2D eigenvalue weighted by Crippen LogP contribution is -2.39. The molecule has 3 aromatic rings. The van der Waals surface area contributed by atoms with Gasteiger partial charge in [0, 0.05) is 23.1 Å². The van der Waals surface area contributed by atoms with Crippen LogP contribution in [0, 0.1) is 18.2 Å². The standard InChI is InChI=1S/C20H15FN2O/c1-2-18(24)23-12-11-16-15-5-3-4-6-17(15)22-19(16)20(23)13-7-9-14(21)10-8-13/h1,3-10,20,22H,11-12H2/t20-/m1/s1. The molecule has 24 heavy (non-hydrogen) atoms. The average molecular weight is 318 g/mol. The van der Waals surface area contributed by atoms with Gasteiger partial charge in [0.15, 0.2) is 0 Å². The first-order valence-corrected chi connectivity index (χ1v) is 7.81. The molecule has 1 aliphatic heterocycles. The van der Waals surface area contributed by atoms with Gasteiger partial charge in [-0.25, -0.2) is 4.39 Å². The normalized spacial score (nSPS) is 16.7. The summed E-state index contributed by atoms with van der Waals surface area (Å²) >= 11 is 0. The van der Waals surface area contributed by atoms with Crippen LogP contribution in [0.25, 0.3) is 10.9 Å². The Labute approximate surface area is 139 Å². The molecule has 0 saturated heterocycles. The number of terminal acetylenes is 1. The van der Waals surface area contributed by atoms with Crippen molar-refractivity contribution in [2.75, 3.05) is 6.54 Å². The maximum absolute atomic E-state index is 13.3. The fourth-order valence-corrected chi connectivity index (χ4v) is 3.53. The lowest BCUT2D eigenvalue weighted by atomic mass is 9.92. The number of hydrogen-bond acceptors (Lipinski definition) is 1. The maximum Gasteiger partial charge on any atom is 0.299 e. The third-order valence-corrected chi connectivity index (χ3v) is 4.60. The molecule has 0 radical (unpaired) electrons. The highest BCUT2D eigenvalue weighted by atomic mass is 19.1. The Kier molecular flexibility index (Phi) is 3.35. The van der Waals surface area contributed by atoms with Crippen LogP contribution in [0.4, 0.5) is 4.39 Å². The molecule has 0 bridgehead atoms. The number of aromatic amines is 1. The Bertz CT molecular complexity index is 965. The van der Waals surface area contributed by atoms with Crippen LogP contribution >= 0.6 is 0 Å². The summed E-state index contributed by atoms with van der Waals surface area (Å²) in [7, 11) is 0. The number of rotatable bonds is 1. The third-order valence-electron chi connectivity index (χ3n) is 4.60. The predicted molar refractivity (Wildman–Crippen MR) is 90.8 cm³/mol. The highest BCUT2D eigenvalue weighted by molar-refractivity contribution is 5.94. The van der Waals surface area contributed by atoms with E-state index >= 15 is 0 Å². The molecule has 1 atom stereocenters. The Balaban J connectivity index is 1.93. The molecule has 3 nitrogen and oxygen atoms in total. The van der Waals surface area contributed by atoms with Crippen LogP contribution in [0.3, 0.4) is 0 Å². The summed E-state index contributed by atoms with van der Waals surface area (Å²) in [6.45, 7) is 0.542. The topological polar surface area (TPSA) is 36.1 Å². The summed E-state index contributed by atoms with van der Waals surface area (Å²) < 4.78 is 13.3. The Morgan fingerprint density at radius 3 is 2.71 bits per heavy atom. The molecule has 0 unspecified atom stereocenters. The summed E-state index contributed by atoms with van der Waals surface area (Å²) in [4.78, 5) is 17.3. The minimum Gasteiger partial charge on any atom is -0.356 e. The van der Waals surface area contributed by atoms with Gasteiger partial charge in [0.05, 0.1) is 6.04 Å². The fraction of sp³-hybridized carbons (Fsp3) is 0.150. The van der Waals surface area contributed by atoms with Crippen molar-refractivity contribution in [3.05, 3.63) is 71.2 Å². The predicted octanol–water partition coefficient (Wildman–Crippen LogP) is 3.41. The SMILES string of the molecule is C#CC(=O)N1CCc2c([nH]c3ccccc23)[C@H]1c1ccc(F)cc1. The Morgan fingerprint density at radius 2 is 1.96 bits per heavy atom. The van der Waals surface area contributed by atoms with Crippen molar-refractivity contribution in [3.8, 4) is 12.3 Å². The van der Waals surface area contributed by atoms with Gasteiger partial charge in [-0.05, 0) is 41.7 Å². The summed E-state index contributed by atoms with van der Waals surface area (Å²) in [6, 6.07) is 14.0. The van der Waals surface area contributed by atoms with Crippen LogP contribution in [-0.2, 0) is 11.2 Å². The number of nitrogens with zero attached hydrogens (tertiary/aromatic N) is 1. The number of benzene rings is 2. The first-order valence-electron chi connectivity index (χ1n) is 7.81.